The Balaban J connectivity index is 1.59. The lowest BCUT2D eigenvalue weighted by molar-refractivity contribution is 0.439. The van der Waals surface area contributed by atoms with Crippen LogP contribution in [0.5, 0.6) is 0 Å². The number of hydrogen-bond acceptors (Lipinski definition) is 3. The van der Waals surface area contributed by atoms with Crippen molar-refractivity contribution < 1.29 is 4.42 Å². The minimum atomic E-state index is -0.194. The fraction of sp³-hybridized carbons (Fsp3) is 0.214. The van der Waals surface area contributed by atoms with E-state index >= 15 is 0 Å². The Morgan fingerprint density at radius 1 is 1.00 bits per heavy atom. The Kier molecular flexibility index (Phi) is 6.15. The predicted octanol–water partition coefficient (Wildman–Crippen LogP) is 7.60. The summed E-state index contributed by atoms with van der Waals surface area (Å²) >= 11 is 12.2. The van der Waals surface area contributed by atoms with Gasteiger partial charge >= 0.3 is 0 Å². The zero-order valence-electron chi connectivity index (χ0n) is 19.3. The van der Waals surface area contributed by atoms with Crippen molar-refractivity contribution in [3.63, 3.8) is 0 Å². The first kappa shape index (κ1) is 22.6. The zero-order valence-corrected chi connectivity index (χ0v) is 20.9. The van der Waals surface area contributed by atoms with E-state index in [4.69, 9.17) is 28.2 Å². The molecule has 3 heterocycles. The van der Waals surface area contributed by atoms with Crippen LogP contribution in [-0.2, 0) is 0 Å². The number of furan rings is 1. The van der Waals surface area contributed by atoms with Crippen LogP contribution in [0.25, 0.3) is 11.3 Å². The van der Waals surface area contributed by atoms with Crippen molar-refractivity contribution in [2.75, 3.05) is 4.90 Å². The van der Waals surface area contributed by atoms with Gasteiger partial charge in [-0.15, -0.1) is 0 Å². The summed E-state index contributed by atoms with van der Waals surface area (Å²) < 4.78 is 6.48. The van der Waals surface area contributed by atoms with Crippen LogP contribution in [0, 0.1) is 6.92 Å². The predicted molar refractivity (Wildman–Crippen MR) is 142 cm³/mol. The van der Waals surface area contributed by atoms with Crippen molar-refractivity contribution in [2.24, 2.45) is 0 Å². The van der Waals surface area contributed by atoms with Crippen LogP contribution in [0.3, 0.4) is 0 Å². The van der Waals surface area contributed by atoms with Crippen molar-refractivity contribution in [1.82, 2.24) is 10.3 Å². The summed E-state index contributed by atoms with van der Waals surface area (Å²) in [6, 6.07) is 24.1. The highest BCUT2D eigenvalue weighted by atomic mass is 35.5. The molecule has 1 fully saturated rings. The van der Waals surface area contributed by atoms with Gasteiger partial charge in [0.1, 0.15) is 17.6 Å². The number of benzene rings is 2. The second kappa shape index (κ2) is 9.24. The van der Waals surface area contributed by atoms with E-state index in [9.17, 15) is 0 Å². The monoisotopic (exact) mass is 487 g/mol. The van der Waals surface area contributed by atoms with E-state index in [1.54, 1.807) is 6.20 Å². The molecular formula is C28H26ClN3OS. The molecule has 2 aromatic carbocycles. The van der Waals surface area contributed by atoms with E-state index in [1.165, 1.54) is 5.56 Å². The van der Waals surface area contributed by atoms with Gasteiger partial charge in [-0.3, -0.25) is 4.98 Å². The fourth-order valence-electron chi connectivity index (χ4n) is 4.47. The van der Waals surface area contributed by atoms with E-state index in [2.05, 4.69) is 53.3 Å². The van der Waals surface area contributed by atoms with Crippen LogP contribution >= 0.6 is 23.8 Å². The molecule has 172 valence electrons. The van der Waals surface area contributed by atoms with Gasteiger partial charge in [0, 0.05) is 22.5 Å². The normalized spacial score (nSPS) is 17.9. The number of halogens is 1. The summed E-state index contributed by atoms with van der Waals surface area (Å²) in [6.45, 7) is 6.39. The lowest BCUT2D eigenvalue weighted by atomic mass is 10.0. The summed E-state index contributed by atoms with van der Waals surface area (Å²) in [6.07, 6.45) is 1.81. The molecule has 6 heteroatoms. The second-order valence-corrected chi connectivity index (χ2v) is 9.65. The average Bonchev–Trinajstić information content (AvgIpc) is 3.46. The molecule has 2 aromatic heterocycles. The maximum atomic E-state index is 6.48. The van der Waals surface area contributed by atoms with Crippen LogP contribution in [0.15, 0.2) is 83.4 Å². The lowest BCUT2D eigenvalue weighted by Crippen LogP contribution is -2.29. The molecule has 5 rings (SSSR count). The zero-order chi connectivity index (χ0) is 23.8. The van der Waals surface area contributed by atoms with E-state index < -0.39 is 0 Å². The third-order valence-electron chi connectivity index (χ3n) is 6.39. The molecule has 0 unspecified atom stereocenters. The summed E-state index contributed by atoms with van der Waals surface area (Å²) in [4.78, 5) is 6.75. The molecule has 1 aliphatic rings. The van der Waals surface area contributed by atoms with Gasteiger partial charge in [-0.05, 0) is 78.7 Å². The number of pyridine rings is 1. The Labute approximate surface area is 210 Å². The number of anilines is 1. The van der Waals surface area contributed by atoms with Gasteiger partial charge in [0.05, 0.1) is 11.7 Å². The summed E-state index contributed by atoms with van der Waals surface area (Å²) in [5.74, 6) is 2.05. The number of aromatic nitrogens is 1. The number of nitrogens with zero attached hydrogens (tertiary/aromatic N) is 2. The molecule has 1 saturated heterocycles. The van der Waals surface area contributed by atoms with Crippen molar-refractivity contribution in [1.29, 1.82) is 0 Å². The highest BCUT2D eigenvalue weighted by Gasteiger charge is 2.42. The van der Waals surface area contributed by atoms with Gasteiger partial charge in [-0.1, -0.05) is 55.8 Å². The minimum Gasteiger partial charge on any atom is -0.459 e. The second-order valence-electron chi connectivity index (χ2n) is 8.86. The Morgan fingerprint density at radius 2 is 1.79 bits per heavy atom. The van der Waals surface area contributed by atoms with Crippen molar-refractivity contribution >= 4 is 34.6 Å². The van der Waals surface area contributed by atoms with Crippen molar-refractivity contribution in [3.05, 3.63) is 107 Å². The van der Waals surface area contributed by atoms with E-state index in [0.717, 1.165) is 39.1 Å². The Morgan fingerprint density at radius 3 is 2.50 bits per heavy atom. The summed E-state index contributed by atoms with van der Waals surface area (Å²) in [5.41, 5.74) is 5.19. The largest absolute Gasteiger partial charge is 0.459 e. The molecular weight excluding hydrogens is 462 g/mol. The molecule has 0 amide bonds. The molecule has 1 aliphatic heterocycles. The lowest BCUT2D eigenvalue weighted by Gasteiger charge is -2.26. The first-order valence-corrected chi connectivity index (χ1v) is 12.2. The molecule has 0 spiro atoms. The summed E-state index contributed by atoms with van der Waals surface area (Å²) in [7, 11) is 0. The van der Waals surface area contributed by atoms with Crippen LogP contribution < -0.4 is 10.2 Å². The van der Waals surface area contributed by atoms with Crippen LogP contribution in [0.2, 0.25) is 5.02 Å². The molecule has 0 aliphatic carbocycles. The van der Waals surface area contributed by atoms with Gasteiger partial charge in [-0.25, -0.2) is 0 Å². The molecule has 4 aromatic rings. The van der Waals surface area contributed by atoms with Crippen LogP contribution in [0.1, 0.15) is 54.4 Å². The Bertz CT molecular complexity index is 1320. The standard InChI is InChI=1S/C28H26ClN3OS/c1-17(2)19-10-12-20(13-11-19)32-27(26(31-28(32)34)23-9-4-5-16-30-23)25-15-14-24(33-25)21-7-6-8-22(29)18(21)3/h4-17,26-27H,1-3H3,(H,31,34)/t26-,27-/m1/s1. The van der Waals surface area contributed by atoms with Gasteiger partial charge in [-0.2, -0.15) is 0 Å². The number of rotatable bonds is 5. The Hall–Kier alpha value is -3.15. The third-order valence-corrected chi connectivity index (χ3v) is 7.11. The number of hydrogen-bond donors (Lipinski definition) is 1. The number of thiocarbonyl (C=S) groups is 1. The average molecular weight is 488 g/mol. The first-order valence-electron chi connectivity index (χ1n) is 11.4. The SMILES string of the molecule is Cc1c(Cl)cccc1-c1ccc([C@@H]2[C@@H](c3ccccn3)NC(=S)N2c2ccc(C(C)C)cc2)o1. The maximum absolute atomic E-state index is 6.48. The van der Waals surface area contributed by atoms with Crippen LogP contribution in [-0.4, -0.2) is 10.1 Å². The smallest absolute Gasteiger partial charge is 0.174 e. The van der Waals surface area contributed by atoms with Gasteiger partial charge in [0.2, 0.25) is 0 Å². The highest BCUT2D eigenvalue weighted by Crippen LogP contribution is 2.43. The highest BCUT2D eigenvalue weighted by molar-refractivity contribution is 7.80. The van der Waals surface area contributed by atoms with Crippen LogP contribution in [0.4, 0.5) is 5.69 Å². The molecule has 34 heavy (non-hydrogen) atoms. The molecule has 0 saturated carbocycles. The van der Waals surface area contributed by atoms with Gasteiger partial charge < -0.3 is 14.6 Å². The maximum Gasteiger partial charge on any atom is 0.174 e. The fourth-order valence-corrected chi connectivity index (χ4v) is 4.99. The van der Waals surface area contributed by atoms with Gasteiger partial charge in [0.15, 0.2) is 5.11 Å². The van der Waals surface area contributed by atoms with E-state index in [-0.39, 0.29) is 12.1 Å². The van der Waals surface area contributed by atoms with E-state index in [1.807, 2.05) is 55.5 Å². The summed E-state index contributed by atoms with van der Waals surface area (Å²) in [5, 5.41) is 4.86. The quantitative estimate of drug-likeness (QED) is 0.293. The molecule has 4 nitrogen and oxygen atoms in total. The third kappa shape index (κ3) is 4.10. The minimum absolute atomic E-state index is 0.155. The molecule has 0 radical (unpaired) electrons. The van der Waals surface area contributed by atoms with Crippen molar-refractivity contribution in [3.8, 4) is 11.3 Å². The topological polar surface area (TPSA) is 41.3 Å². The molecule has 2 atom stereocenters. The first-order chi connectivity index (χ1) is 16.4. The van der Waals surface area contributed by atoms with Crippen molar-refractivity contribution in [2.45, 2.75) is 38.8 Å². The molecule has 0 bridgehead atoms. The number of nitrogens with one attached hydrogen (secondary N) is 1. The van der Waals surface area contributed by atoms with E-state index in [0.29, 0.717) is 11.0 Å². The molecule has 1 N–H and O–H groups in total. The van der Waals surface area contributed by atoms with Gasteiger partial charge in [0.25, 0.3) is 0 Å².